The van der Waals surface area contributed by atoms with Gasteiger partial charge < -0.3 is 10.6 Å². The molecule has 0 radical (unpaired) electrons. The van der Waals surface area contributed by atoms with Crippen molar-refractivity contribution in [2.45, 2.75) is 25.1 Å². The lowest BCUT2D eigenvalue weighted by atomic mass is 10.1. The van der Waals surface area contributed by atoms with Gasteiger partial charge in [0.2, 0.25) is 0 Å². The summed E-state index contributed by atoms with van der Waals surface area (Å²) in [6.07, 6.45) is -0.105. The molecule has 0 unspecified atom stereocenters. The van der Waals surface area contributed by atoms with E-state index in [4.69, 9.17) is 0 Å². The summed E-state index contributed by atoms with van der Waals surface area (Å²) in [6.45, 7) is 1.74. The summed E-state index contributed by atoms with van der Waals surface area (Å²) < 4.78 is 54.8. The highest BCUT2D eigenvalue weighted by Gasteiger charge is 2.34. The number of nitrogens with one attached hydrogen (secondary N) is 2. The Morgan fingerprint density at radius 3 is 2.67 bits per heavy atom. The monoisotopic (exact) mass is 380 g/mol. The number of fused-ring (bicyclic) bond motifs is 1. The molecule has 1 aliphatic rings. The number of benzene rings is 1. The van der Waals surface area contributed by atoms with Crippen LogP contribution >= 0.6 is 0 Å². The molecule has 1 fully saturated rings. The first kappa shape index (κ1) is 17.7. The highest BCUT2D eigenvalue weighted by atomic mass is 19.4. The Labute approximate surface area is 151 Å². The molecule has 1 aromatic carbocycles. The topological polar surface area (TPSA) is 67.7 Å². The number of hydrogen-bond acceptors (Lipinski definition) is 5. The Bertz CT molecular complexity index is 962. The van der Waals surface area contributed by atoms with Crippen LogP contribution in [0.5, 0.6) is 0 Å². The fraction of sp³-hybridized carbons (Fsp3) is 0.353. The van der Waals surface area contributed by atoms with Gasteiger partial charge in [0, 0.05) is 0 Å². The number of alkyl halides is 3. The molecule has 1 aliphatic heterocycles. The molecule has 27 heavy (non-hydrogen) atoms. The standard InChI is InChI=1S/C17H16F4N6/c18-10-1-2-14(13(7-10)17(19,20)21)26-15-12-8-25-27(16(12)24-9-23-15)11-3-5-22-6-4-11/h1-2,7-9,11,22H,3-6H2,(H,23,24,26). The van der Waals surface area contributed by atoms with Crippen LogP contribution < -0.4 is 10.6 Å². The third-order valence-corrected chi connectivity index (χ3v) is 4.59. The third-order valence-electron chi connectivity index (χ3n) is 4.59. The van der Waals surface area contributed by atoms with Crippen LogP contribution in [0.15, 0.2) is 30.7 Å². The van der Waals surface area contributed by atoms with Crippen molar-refractivity contribution in [2.75, 3.05) is 18.4 Å². The maximum absolute atomic E-state index is 13.3. The zero-order chi connectivity index (χ0) is 19.0. The highest BCUT2D eigenvalue weighted by molar-refractivity contribution is 5.88. The van der Waals surface area contributed by atoms with E-state index in [1.807, 2.05) is 0 Å². The van der Waals surface area contributed by atoms with Gasteiger partial charge in [0.05, 0.1) is 28.9 Å². The van der Waals surface area contributed by atoms with E-state index in [-0.39, 0.29) is 17.5 Å². The average Bonchev–Trinajstić information content (AvgIpc) is 3.08. The zero-order valence-corrected chi connectivity index (χ0v) is 14.1. The van der Waals surface area contributed by atoms with E-state index in [1.54, 1.807) is 4.68 Å². The molecule has 0 spiro atoms. The van der Waals surface area contributed by atoms with Crippen molar-refractivity contribution < 1.29 is 17.6 Å². The van der Waals surface area contributed by atoms with Gasteiger partial charge in [0.15, 0.2) is 5.65 Å². The van der Waals surface area contributed by atoms with Crippen LogP contribution in [0.3, 0.4) is 0 Å². The molecule has 1 saturated heterocycles. The van der Waals surface area contributed by atoms with Gasteiger partial charge in [-0.25, -0.2) is 19.0 Å². The van der Waals surface area contributed by atoms with Crippen LogP contribution in [-0.2, 0) is 6.18 Å². The quantitative estimate of drug-likeness (QED) is 0.679. The molecule has 2 aromatic heterocycles. The van der Waals surface area contributed by atoms with Gasteiger partial charge in [-0.2, -0.15) is 18.3 Å². The Kier molecular flexibility index (Phi) is 4.42. The molecule has 0 bridgehead atoms. The van der Waals surface area contributed by atoms with E-state index in [9.17, 15) is 17.6 Å². The number of nitrogens with zero attached hydrogens (tertiary/aromatic N) is 4. The van der Waals surface area contributed by atoms with Crippen LogP contribution in [0.2, 0.25) is 0 Å². The maximum Gasteiger partial charge on any atom is 0.418 e. The van der Waals surface area contributed by atoms with Gasteiger partial charge in [-0.1, -0.05) is 0 Å². The largest absolute Gasteiger partial charge is 0.418 e. The van der Waals surface area contributed by atoms with E-state index in [0.717, 1.165) is 38.1 Å². The van der Waals surface area contributed by atoms with Crippen molar-refractivity contribution in [2.24, 2.45) is 0 Å². The minimum absolute atomic E-state index is 0.169. The van der Waals surface area contributed by atoms with E-state index in [1.165, 1.54) is 12.5 Å². The van der Waals surface area contributed by atoms with E-state index >= 15 is 0 Å². The molecule has 10 heteroatoms. The number of piperidine rings is 1. The van der Waals surface area contributed by atoms with Crippen LogP contribution in [0, 0.1) is 5.82 Å². The van der Waals surface area contributed by atoms with Crippen molar-refractivity contribution >= 4 is 22.5 Å². The van der Waals surface area contributed by atoms with Gasteiger partial charge in [-0.15, -0.1) is 0 Å². The first-order valence-corrected chi connectivity index (χ1v) is 8.46. The van der Waals surface area contributed by atoms with E-state index in [0.29, 0.717) is 17.1 Å². The fourth-order valence-electron chi connectivity index (χ4n) is 3.27. The Balaban J connectivity index is 1.73. The minimum atomic E-state index is -4.70. The fourth-order valence-corrected chi connectivity index (χ4v) is 3.27. The molecule has 0 atom stereocenters. The smallest absolute Gasteiger partial charge is 0.339 e. The summed E-state index contributed by atoms with van der Waals surface area (Å²) >= 11 is 0. The van der Waals surface area contributed by atoms with Crippen LogP contribution in [-0.4, -0.2) is 32.8 Å². The molecule has 4 rings (SSSR count). The average molecular weight is 380 g/mol. The normalized spacial score (nSPS) is 16.0. The Hall–Kier alpha value is -2.75. The minimum Gasteiger partial charge on any atom is -0.339 e. The Morgan fingerprint density at radius 1 is 1.15 bits per heavy atom. The first-order chi connectivity index (χ1) is 12.9. The second kappa shape index (κ2) is 6.76. The lowest BCUT2D eigenvalue weighted by Gasteiger charge is -2.23. The summed E-state index contributed by atoms with van der Waals surface area (Å²) in [5, 5.41) is 10.8. The molecule has 3 heterocycles. The van der Waals surface area contributed by atoms with Gasteiger partial charge in [-0.05, 0) is 44.1 Å². The van der Waals surface area contributed by atoms with Crippen molar-refractivity contribution in [1.29, 1.82) is 0 Å². The molecule has 0 amide bonds. The molecule has 0 aliphatic carbocycles. The van der Waals surface area contributed by atoms with Crippen molar-refractivity contribution in [1.82, 2.24) is 25.1 Å². The van der Waals surface area contributed by atoms with Gasteiger partial charge in [-0.3, -0.25) is 0 Å². The molecule has 2 N–H and O–H groups in total. The second-order valence-electron chi connectivity index (χ2n) is 6.34. The lowest BCUT2D eigenvalue weighted by Crippen LogP contribution is -2.29. The number of aromatic nitrogens is 4. The predicted octanol–water partition coefficient (Wildman–Crippen LogP) is 3.65. The Morgan fingerprint density at radius 2 is 1.93 bits per heavy atom. The maximum atomic E-state index is 13.3. The van der Waals surface area contributed by atoms with E-state index < -0.39 is 17.6 Å². The molecule has 6 nitrogen and oxygen atoms in total. The summed E-state index contributed by atoms with van der Waals surface area (Å²) in [7, 11) is 0. The number of rotatable bonds is 3. The second-order valence-corrected chi connectivity index (χ2v) is 6.34. The molecule has 142 valence electrons. The van der Waals surface area contributed by atoms with E-state index in [2.05, 4.69) is 25.7 Å². The number of halogens is 4. The van der Waals surface area contributed by atoms with Crippen molar-refractivity contribution in [3.05, 3.63) is 42.1 Å². The number of hydrogen-bond donors (Lipinski definition) is 2. The first-order valence-electron chi connectivity index (χ1n) is 8.46. The van der Waals surface area contributed by atoms with Crippen molar-refractivity contribution in [3.63, 3.8) is 0 Å². The summed E-state index contributed by atoms with van der Waals surface area (Å²) in [5.74, 6) is -0.767. The molecular formula is C17H16F4N6. The molecular weight excluding hydrogens is 364 g/mol. The summed E-state index contributed by atoms with van der Waals surface area (Å²) in [6, 6.07) is 2.64. The van der Waals surface area contributed by atoms with Crippen molar-refractivity contribution in [3.8, 4) is 0 Å². The number of anilines is 2. The SMILES string of the molecule is Fc1ccc(Nc2ncnc3c2cnn3C2CCNCC2)c(C(F)(F)F)c1. The van der Waals surface area contributed by atoms with Gasteiger partial charge >= 0.3 is 6.18 Å². The van der Waals surface area contributed by atoms with Crippen LogP contribution in [0.4, 0.5) is 29.1 Å². The molecule has 0 saturated carbocycles. The van der Waals surface area contributed by atoms with Crippen LogP contribution in [0.25, 0.3) is 11.0 Å². The summed E-state index contributed by atoms with van der Waals surface area (Å²) in [5.41, 5.74) is -0.825. The zero-order valence-electron chi connectivity index (χ0n) is 14.1. The van der Waals surface area contributed by atoms with Gasteiger partial charge in [0.25, 0.3) is 0 Å². The lowest BCUT2D eigenvalue weighted by molar-refractivity contribution is -0.137. The molecule has 3 aromatic rings. The van der Waals surface area contributed by atoms with Crippen LogP contribution in [0.1, 0.15) is 24.4 Å². The van der Waals surface area contributed by atoms with Gasteiger partial charge in [0.1, 0.15) is 18.0 Å². The highest BCUT2D eigenvalue weighted by Crippen LogP contribution is 2.37. The summed E-state index contributed by atoms with van der Waals surface area (Å²) in [4.78, 5) is 8.31. The predicted molar refractivity (Wildman–Crippen MR) is 91.1 cm³/mol. The third kappa shape index (κ3) is 3.44.